The SMILES string of the molecule is COc1ccc(CCc2nnc(NC(=O)CSc3ccc(C)cc3)s2)cc1. The van der Waals surface area contributed by atoms with E-state index >= 15 is 0 Å². The summed E-state index contributed by atoms with van der Waals surface area (Å²) in [4.78, 5) is 13.2. The van der Waals surface area contributed by atoms with Crippen molar-refractivity contribution in [3.05, 3.63) is 64.7 Å². The highest BCUT2D eigenvalue weighted by Gasteiger charge is 2.09. The summed E-state index contributed by atoms with van der Waals surface area (Å²) in [7, 11) is 1.66. The van der Waals surface area contributed by atoms with Crippen LogP contribution in [0.3, 0.4) is 0 Å². The molecule has 5 nitrogen and oxygen atoms in total. The summed E-state index contributed by atoms with van der Waals surface area (Å²) in [6.07, 6.45) is 1.66. The number of methoxy groups -OCH3 is 1. The number of thioether (sulfide) groups is 1. The van der Waals surface area contributed by atoms with E-state index < -0.39 is 0 Å². The molecule has 0 saturated carbocycles. The monoisotopic (exact) mass is 399 g/mol. The second kappa shape index (κ2) is 9.53. The van der Waals surface area contributed by atoms with E-state index in [-0.39, 0.29) is 5.91 Å². The first-order valence-electron chi connectivity index (χ1n) is 8.57. The van der Waals surface area contributed by atoms with E-state index in [9.17, 15) is 4.79 Å². The van der Waals surface area contributed by atoms with Crippen LogP contribution in [-0.4, -0.2) is 29.0 Å². The van der Waals surface area contributed by atoms with E-state index in [2.05, 4.69) is 15.5 Å². The van der Waals surface area contributed by atoms with Crippen LogP contribution in [0.15, 0.2) is 53.4 Å². The van der Waals surface area contributed by atoms with Gasteiger partial charge >= 0.3 is 0 Å². The summed E-state index contributed by atoms with van der Waals surface area (Å²) in [6.45, 7) is 2.04. The normalized spacial score (nSPS) is 10.6. The molecule has 27 heavy (non-hydrogen) atoms. The van der Waals surface area contributed by atoms with Crippen molar-refractivity contribution >= 4 is 34.1 Å². The van der Waals surface area contributed by atoms with Crippen LogP contribution >= 0.6 is 23.1 Å². The lowest BCUT2D eigenvalue weighted by atomic mass is 10.1. The van der Waals surface area contributed by atoms with Gasteiger partial charge in [0.15, 0.2) is 0 Å². The smallest absolute Gasteiger partial charge is 0.236 e. The number of nitrogens with one attached hydrogen (secondary N) is 1. The first-order chi connectivity index (χ1) is 13.1. The maximum absolute atomic E-state index is 12.1. The fourth-order valence-electron chi connectivity index (χ4n) is 2.39. The largest absolute Gasteiger partial charge is 0.497 e. The fourth-order valence-corrected chi connectivity index (χ4v) is 3.84. The minimum atomic E-state index is -0.0709. The topological polar surface area (TPSA) is 64.1 Å². The van der Waals surface area contributed by atoms with E-state index in [0.717, 1.165) is 28.5 Å². The van der Waals surface area contributed by atoms with Gasteiger partial charge in [-0.15, -0.1) is 22.0 Å². The Morgan fingerprint density at radius 1 is 1.07 bits per heavy atom. The number of nitrogens with zero attached hydrogens (tertiary/aromatic N) is 2. The third-order valence-corrected chi connectivity index (χ3v) is 5.80. The molecule has 3 rings (SSSR count). The average Bonchev–Trinajstić information content (AvgIpc) is 3.13. The molecule has 0 radical (unpaired) electrons. The lowest BCUT2D eigenvalue weighted by Crippen LogP contribution is -2.13. The van der Waals surface area contributed by atoms with Gasteiger partial charge in [-0.25, -0.2) is 0 Å². The average molecular weight is 400 g/mol. The second-order valence-corrected chi connectivity index (χ2v) is 8.11. The summed E-state index contributed by atoms with van der Waals surface area (Å²) < 4.78 is 5.16. The number of hydrogen-bond acceptors (Lipinski definition) is 6. The van der Waals surface area contributed by atoms with Crippen molar-refractivity contribution in [2.24, 2.45) is 0 Å². The molecule has 140 valence electrons. The van der Waals surface area contributed by atoms with Gasteiger partial charge in [0.2, 0.25) is 11.0 Å². The summed E-state index contributed by atoms with van der Waals surface area (Å²) in [5.74, 6) is 1.13. The maximum Gasteiger partial charge on any atom is 0.236 e. The first kappa shape index (κ1) is 19.4. The van der Waals surface area contributed by atoms with Gasteiger partial charge in [-0.05, 0) is 43.2 Å². The molecule has 0 aliphatic heterocycles. The van der Waals surface area contributed by atoms with Crippen molar-refractivity contribution < 1.29 is 9.53 Å². The van der Waals surface area contributed by atoms with Gasteiger partial charge in [-0.2, -0.15) is 0 Å². The highest BCUT2D eigenvalue weighted by atomic mass is 32.2. The van der Waals surface area contributed by atoms with Gasteiger partial charge in [0.25, 0.3) is 0 Å². The van der Waals surface area contributed by atoms with Crippen molar-refractivity contribution in [1.29, 1.82) is 0 Å². The molecule has 0 aliphatic rings. The summed E-state index contributed by atoms with van der Waals surface area (Å²) in [6, 6.07) is 16.1. The van der Waals surface area contributed by atoms with Gasteiger partial charge < -0.3 is 4.74 Å². The molecular formula is C20H21N3O2S2. The molecule has 0 bridgehead atoms. The number of amides is 1. The van der Waals surface area contributed by atoms with Gasteiger partial charge in [0, 0.05) is 11.3 Å². The van der Waals surface area contributed by atoms with E-state index in [4.69, 9.17) is 4.74 Å². The lowest BCUT2D eigenvalue weighted by Gasteiger charge is -2.02. The molecule has 3 aromatic rings. The summed E-state index contributed by atoms with van der Waals surface area (Å²) in [5, 5.41) is 12.5. The van der Waals surface area contributed by atoms with E-state index in [1.165, 1.54) is 34.2 Å². The van der Waals surface area contributed by atoms with Gasteiger partial charge in [0.1, 0.15) is 10.8 Å². The van der Waals surface area contributed by atoms with Crippen molar-refractivity contribution in [2.45, 2.75) is 24.7 Å². The van der Waals surface area contributed by atoms with E-state index in [0.29, 0.717) is 10.9 Å². The molecule has 2 aromatic carbocycles. The van der Waals surface area contributed by atoms with Gasteiger partial charge in [0.05, 0.1) is 12.9 Å². The van der Waals surface area contributed by atoms with Crippen molar-refractivity contribution in [3.63, 3.8) is 0 Å². The third-order valence-electron chi connectivity index (χ3n) is 3.89. The molecule has 0 aliphatic carbocycles. The fraction of sp³-hybridized carbons (Fsp3) is 0.250. The Labute approximate surface area is 167 Å². The Bertz CT molecular complexity index is 877. The minimum Gasteiger partial charge on any atom is -0.497 e. The van der Waals surface area contributed by atoms with Gasteiger partial charge in [-0.3, -0.25) is 10.1 Å². The van der Waals surface area contributed by atoms with Crippen LogP contribution < -0.4 is 10.1 Å². The molecule has 0 fully saturated rings. The van der Waals surface area contributed by atoms with Crippen LogP contribution in [0.5, 0.6) is 5.75 Å². The van der Waals surface area contributed by atoms with Crippen LogP contribution in [-0.2, 0) is 17.6 Å². The molecule has 0 atom stereocenters. The van der Waals surface area contributed by atoms with Crippen molar-refractivity contribution in [3.8, 4) is 5.75 Å². The molecular weight excluding hydrogens is 378 g/mol. The van der Waals surface area contributed by atoms with Gasteiger partial charge in [-0.1, -0.05) is 41.2 Å². The number of carbonyl (C=O) groups is 1. The van der Waals surface area contributed by atoms with Crippen molar-refractivity contribution in [1.82, 2.24) is 10.2 Å². The molecule has 7 heteroatoms. The molecule has 1 N–H and O–H groups in total. The van der Waals surface area contributed by atoms with E-state index in [1.54, 1.807) is 7.11 Å². The molecule has 0 unspecified atom stereocenters. The van der Waals surface area contributed by atoms with Crippen LogP contribution in [0.2, 0.25) is 0 Å². The van der Waals surface area contributed by atoms with Crippen LogP contribution in [0.25, 0.3) is 0 Å². The summed E-state index contributed by atoms with van der Waals surface area (Å²) in [5.41, 5.74) is 2.42. The minimum absolute atomic E-state index is 0.0709. The Hall–Kier alpha value is -2.38. The number of benzene rings is 2. The van der Waals surface area contributed by atoms with Crippen LogP contribution in [0.4, 0.5) is 5.13 Å². The first-order valence-corrected chi connectivity index (χ1v) is 10.4. The molecule has 1 heterocycles. The zero-order chi connectivity index (χ0) is 19.1. The Kier molecular flexibility index (Phi) is 6.84. The number of aryl methyl sites for hydroxylation is 3. The van der Waals surface area contributed by atoms with Crippen molar-refractivity contribution in [2.75, 3.05) is 18.2 Å². The number of ether oxygens (including phenoxy) is 1. The second-order valence-electron chi connectivity index (χ2n) is 6.00. The third kappa shape index (κ3) is 6.08. The zero-order valence-corrected chi connectivity index (χ0v) is 16.9. The predicted octanol–water partition coefficient (Wildman–Crippen LogP) is 4.37. The number of carbonyl (C=O) groups excluding carboxylic acids is 1. The lowest BCUT2D eigenvalue weighted by molar-refractivity contribution is -0.113. The predicted molar refractivity (Wildman–Crippen MR) is 111 cm³/mol. The van der Waals surface area contributed by atoms with Crippen LogP contribution in [0, 0.1) is 6.92 Å². The number of rotatable bonds is 8. The summed E-state index contributed by atoms with van der Waals surface area (Å²) >= 11 is 2.93. The standard InChI is InChI=1S/C20H21N3O2S2/c1-14-3-10-17(11-4-14)26-13-18(24)21-20-23-22-19(27-20)12-7-15-5-8-16(25-2)9-6-15/h3-6,8-11H,7,12-13H2,1-2H3,(H,21,23,24). The number of aromatic nitrogens is 2. The highest BCUT2D eigenvalue weighted by molar-refractivity contribution is 8.00. The molecule has 1 aromatic heterocycles. The van der Waals surface area contributed by atoms with E-state index in [1.807, 2.05) is 55.5 Å². The van der Waals surface area contributed by atoms with Crippen LogP contribution in [0.1, 0.15) is 16.1 Å². The zero-order valence-electron chi connectivity index (χ0n) is 15.3. The number of hydrogen-bond donors (Lipinski definition) is 1. The molecule has 0 saturated heterocycles. The number of anilines is 1. The molecule has 1 amide bonds. The Balaban J connectivity index is 1.45. The Morgan fingerprint density at radius 3 is 2.52 bits per heavy atom. The Morgan fingerprint density at radius 2 is 1.81 bits per heavy atom. The highest BCUT2D eigenvalue weighted by Crippen LogP contribution is 2.21. The maximum atomic E-state index is 12.1. The molecule has 0 spiro atoms. The quantitative estimate of drug-likeness (QED) is 0.570.